The summed E-state index contributed by atoms with van der Waals surface area (Å²) >= 11 is 3.39. The van der Waals surface area contributed by atoms with Crippen LogP contribution in [-0.2, 0) is 6.42 Å². The Morgan fingerprint density at radius 3 is 2.69 bits per heavy atom. The molecule has 0 aromatic carbocycles. The monoisotopic (exact) mass is 281 g/mol. The van der Waals surface area contributed by atoms with Gasteiger partial charge in [0.1, 0.15) is 0 Å². The molecule has 0 amide bonds. The maximum atomic E-state index is 9.63. The van der Waals surface area contributed by atoms with E-state index < -0.39 is 0 Å². The zero-order valence-electron chi connectivity index (χ0n) is 9.19. The number of fused-ring (bicyclic) bond motifs is 1. The number of halogens is 1. The van der Waals surface area contributed by atoms with Gasteiger partial charge in [0.15, 0.2) is 0 Å². The van der Waals surface area contributed by atoms with Crippen LogP contribution in [0.3, 0.4) is 0 Å². The Morgan fingerprint density at radius 1 is 1.38 bits per heavy atom. The number of aliphatic hydroxyl groups excluding tert-OH is 1. The predicted octanol–water partition coefficient (Wildman–Crippen LogP) is 2.80. The molecule has 0 bridgehead atoms. The van der Waals surface area contributed by atoms with Crippen molar-refractivity contribution in [3.63, 3.8) is 0 Å². The third-order valence-corrected chi connectivity index (χ3v) is 4.61. The summed E-state index contributed by atoms with van der Waals surface area (Å²) in [5.41, 5.74) is 1.24. The van der Waals surface area contributed by atoms with Gasteiger partial charge in [0, 0.05) is 23.0 Å². The van der Waals surface area contributed by atoms with Crippen molar-refractivity contribution in [2.75, 3.05) is 6.61 Å². The van der Waals surface area contributed by atoms with E-state index in [1.54, 1.807) is 0 Å². The van der Waals surface area contributed by atoms with E-state index in [2.05, 4.69) is 27.0 Å². The molecular formula is C13H16BrNO. The van der Waals surface area contributed by atoms with Gasteiger partial charge >= 0.3 is 0 Å². The minimum absolute atomic E-state index is 0.133. The van der Waals surface area contributed by atoms with Crippen molar-refractivity contribution in [2.24, 2.45) is 17.3 Å². The van der Waals surface area contributed by atoms with Crippen LogP contribution < -0.4 is 0 Å². The molecule has 2 atom stereocenters. The second-order valence-corrected chi connectivity index (χ2v) is 6.38. The molecular weight excluding hydrogens is 266 g/mol. The summed E-state index contributed by atoms with van der Waals surface area (Å²) in [7, 11) is 0. The zero-order valence-corrected chi connectivity index (χ0v) is 10.8. The maximum Gasteiger partial charge on any atom is 0.0491 e. The summed E-state index contributed by atoms with van der Waals surface area (Å²) < 4.78 is 1.02. The predicted molar refractivity (Wildman–Crippen MR) is 66.0 cm³/mol. The van der Waals surface area contributed by atoms with Gasteiger partial charge in [0.2, 0.25) is 0 Å². The van der Waals surface area contributed by atoms with Gasteiger partial charge in [-0.2, -0.15) is 0 Å². The summed E-state index contributed by atoms with van der Waals surface area (Å²) in [5, 5.41) is 9.63. The Kier molecular flexibility index (Phi) is 2.55. The van der Waals surface area contributed by atoms with E-state index in [1.807, 2.05) is 12.3 Å². The highest BCUT2D eigenvalue weighted by atomic mass is 79.9. The molecule has 1 aromatic rings. The van der Waals surface area contributed by atoms with Crippen molar-refractivity contribution >= 4 is 15.9 Å². The lowest BCUT2D eigenvalue weighted by atomic mass is 9.79. The lowest BCUT2D eigenvalue weighted by Gasteiger charge is -2.28. The number of pyridine rings is 1. The minimum atomic E-state index is 0.133. The molecule has 2 unspecified atom stereocenters. The second-order valence-electron chi connectivity index (χ2n) is 5.47. The normalized spacial score (nSPS) is 36.1. The lowest BCUT2D eigenvalue weighted by Crippen LogP contribution is -2.26. The molecule has 1 heterocycles. The molecule has 86 valence electrons. The average molecular weight is 282 g/mol. The molecule has 0 spiro atoms. The van der Waals surface area contributed by atoms with E-state index in [0.29, 0.717) is 6.61 Å². The molecule has 3 heteroatoms. The van der Waals surface area contributed by atoms with Crippen molar-refractivity contribution in [2.45, 2.75) is 25.7 Å². The Bertz CT molecular complexity index is 379. The molecule has 0 aliphatic heterocycles. The molecule has 2 fully saturated rings. The quantitative estimate of drug-likeness (QED) is 0.924. The summed E-state index contributed by atoms with van der Waals surface area (Å²) in [6.07, 6.45) is 6.58. The number of nitrogens with zero attached hydrogens (tertiary/aromatic N) is 1. The van der Waals surface area contributed by atoms with Crippen LogP contribution in [0.15, 0.2) is 22.8 Å². The van der Waals surface area contributed by atoms with Crippen LogP contribution in [-0.4, -0.2) is 16.7 Å². The summed E-state index contributed by atoms with van der Waals surface area (Å²) in [4.78, 5) is 4.42. The van der Waals surface area contributed by atoms with Crippen LogP contribution in [0.2, 0.25) is 0 Å². The van der Waals surface area contributed by atoms with Gasteiger partial charge in [-0.25, -0.2) is 0 Å². The Balaban J connectivity index is 1.75. The van der Waals surface area contributed by atoms with E-state index in [1.165, 1.54) is 19.3 Å². The van der Waals surface area contributed by atoms with Crippen LogP contribution >= 0.6 is 15.9 Å². The topological polar surface area (TPSA) is 33.1 Å². The molecule has 2 nitrogen and oxygen atoms in total. The van der Waals surface area contributed by atoms with Crippen LogP contribution in [0.5, 0.6) is 0 Å². The number of hydrogen-bond donors (Lipinski definition) is 1. The van der Waals surface area contributed by atoms with Gasteiger partial charge in [-0.05, 0) is 71.0 Å². The zero-order chi connectivity index (χ0) is 11.2. The first-order valence-corrected chi connectivity index (χ1v) is 6.71. The Morgan fingerprint density at radius 2 is 2.12 bits per heavy atom. The fourth-order valence-corrected chi connectivity index (χ4v) is 3.47. The van der Waals surface area contributed by atoms with Crippen molar-refractivity contribution < 1.29 is 5.11 Å². The van der Waals surface area contributed by atoms with Crippen LogP contribution in [0.25, 0.3) is 0 Å². The van der Waals surface area contributed by atoms with Crippen LogP contribution in [0.4, 0.5) is 0 Å². The van der Waals surface area contributed by atoms with E-state index in [-0.39, 0.29) is 5.41 Å². The molecule has 16 heavy (non-hydrogen) atoms. The van der Waals surface area contributed by atoms with Gasteiger partial charge in [-0.1, -0.05) is 0 Å². The smallest absolute Gasteiger partial charge is 0.0491 e. The van der Waals surface area contributed by atoms with Crippen LogP contribution in [0.1, 0.15) is 25.0 Å². The maximum absolute atomic E-state index is 9.63. The first kappa shape index (κ1) is 10.7. The number of hydrogen-bond acceptors (Lipinski definition) is 2. The van der Waals surface area contributed by atoms with E-state index in [9.17, 15) is 5.11 Å². The highest BCUT2D eigenvalue weighted by Crippen LogP contribution is 2.60. The lowest BCUT2D eigenvalue weighted by molar-refractivity contribution is 0.116. The molecule has 3 rings (SSSR count). The first-order valence-electron chi connectivity index (χ1n) is 5.92. The van der Waals surface area contributed by atoms with Crippen molar-refractivity contribution in [3.8, 4) is 0 Å². The number of aromatic nitrogens is 1. The van der Waals surface area contributed by atoms with E-state index in [4.69, 9.17) is 0 Å². The van der Waals surface area contributed by atoms with Gasteiger partial charge in [-0.3, -0.25) is 4.98 Å². The highest BCUT2D eigenvalue weighted by molar-refractivity contribution is 9.10. The van der Waals surface area contributed by atoms with Crippen molar-refractivity contribution in [1.29, 1.82) is 0 Å². The fraction of sp³-hybridized carbons (Fsp3) is 0.615. The standard InChI is InChI=1S/C13H16BrNO/c14-11-1-2-12(15-7-11)6-13(8-16)4-9-3-10(9)5-13/h1-2,7,9-10,16H,3-6,8H2. The third kappa shape index (κ3) is 1.91. The second kappa shape index (κ2) is 3.81. The number of rotatable bonds is 3. The SMILES string of the molecule is OCC1(Cc2ccc(Br)cn2)CC2CC2C1. The summed E-state index contributed by atoms with van der Waals surface area (Å²) in [6.45, 7) is 0.317. The molecule has 2 saturated carbocycles. The van der Waals surface area contributed by atoms with Crippen molar-refractivity contribution in [1.82, 2.24) is 4.98 Å². The molecule has 1 N–H and O–H groups in total. The third-order valence-electron chi connectivity index (χ3n) is 4.14. The highest BCUT2D eigenvalue weighted by Gasteiger charge is 2.53. The summed E-state index contributed by atoms with van der Waals surface area (Å²) in [5.74, 6) is 1.81. The van der Waals surface area contributed by atoms with Crippen molar-refractivity contribution in [3.05, 3.63) is 28.5 Å². The minimum Gasteiger partial charge on any atom is -0.396 e. The average Bonchev–Trinajstić information content (AvgIpc) is 2.91. The molecule has 2 aliphatic carbocycles. The Hall–Kier alpha value is -0.410. The van der Waals surface area contributed by atoms with Gasteiger partial charge in [0.05, 0.1) is 0 Å². The largest absolute Gasteiger partial charge is 0.396 e. The fourth-order valence-electron chi connectivity index (χ4n) is 3.23. The molecule has 0 radical (unpaired) electrons. The molecule has 0 saturated heterocycles. The summed E-state index contributed by atoms with van der Waals surface area (Å²) in [6, 6.07) is 4.09. The Labute approximate surface area is 104 Å². The first-order chi connectivity index (χ1) is 7.71. The molecule has 1 aromatic heterocycles. The number of aliphatic hydroxyl groups is 1. The van der Waals surface area contributed by atoms with E-state index in [0.717, 1.165) is 28.4 Å². The van der Waals surface area contributed by atoms with Gasteiger partial charge in [0.25, 0.3) is 0 Å². The van der Waals surface area contributed by atoms with Gasteiger partial charge in [-0.15, -0.1) is 0 Å². The molecule has 2 aliphatic rings. The van der Waals surface area contributed by atoms with E-state index >= 15 is 0 Å². The van der Waals surface area contributed by atoms with Crippen LogP contribution in [0, 0.1) is 17.3 Å². The van der Waals surface area contributed by atoms with Gasteiger partial charge < -0.3 is 5.11 Å².